The van der Waals surface area contributed by atoms with Gasteiger partial charge in [0.15, 0.2) is 0 Å². The third kappa shape index (κ3) is 9.03. The molecule has 0 rings (SSSR count). The maximum atomic E-state index is 11.6. The summed E-state index contributed by atoms with van der Waals surface area (Å²) in [6, 6.07) is -1.23. The van der Waals surface area contributed by atoms with Gasteiger partial charge in [-0.05, 0) is 37.9 Å². The van der Waals surface area contributed by atoms with Crippen LogP contribution in [0.2, 0.25) is 0 Å². The lowest BCUT2D eigenvalue weighted by Gasteiger charge is -2.20. The van der Waals surface area contributed by atoms with Crippen molar-refractivity contribution in [3.63, 3.8) is 0 Å². The molecule has 0 radical (unpaired) electrons. The summed E-state index contributed by atoms with van der Waals surface area (Å²) >= 11 is 1.56. The van der Waals surface area contributed by atoms with Gasteiger partial charge in [0.1, 0.15) is 6.04 Å². The van der Waals surface area contributed by atoms with Crippen LogP contribution in [0.4, 0.5) is 4.79 Å². The lowest BCUT2D eigenvalue weighted by molar-refractivity contribution is -0.139. The first kappa shape index (κ1) is 19.1. The first-order valence-corrected chi connectivity index (χ1v) is 8.42. The fourth-order valence-electron chi connectivity index (χ4n) is 1.77. The Kier molecular flexibility index (Phi) is 11.3. The smallest absolute Gasteiger partial charge is 0.326 e. The van der Waals surface area contributed by atoms with E-state index in [1.807, 2.05) is 6.26 Å². The normalized spacial score (nSPS) is 12.2. The van der Waals surface area contributed by atoms with E-state index in [-0.39, 0.29) is 0 Å². The molecular weight excluding hydrogens is 278 g/mol. The molecule has 0 fully saturated rings. The van der Waals surface area contributed by atoms with E-state index in [0.717, 1.165) is 26.1 Å². The summed E-state index contributed by atoms with van der Waals surface area (Å²) in [5, 5.41) is 14.2. The number of amides is 2. The molecule has 3 N–H and O–H groups in total. The molecule has 0 bridgehead atoms. The van der Waals surface area contributed by atoms with E-state index >= 15 is 0 Å². The predicted molar refractivity (Wildman–Crippen MR) is 83.4 cm³/mol. The summed E-state index contributed by atoms with van der Waals surface area (Å²) in [4.78, 5) is 24.9. The molecule has 0 aliphatic carbocycles. The summed E-state index contributed by atoms with van der Waals surface area (Å²) in [6.45, 7) is 7.45. The summed E-state index contributed by atoms with van der Waals surface area (Å²) in [6.07, 6.45) is 3.42. The van der Waals surface area contributed by atoms with Crippen molar-refractivity contribution >= 4 is 23.8 Å². The fourth-order valence-corrected chi connectivity index (χ4v) is 2.25. The van der Waals surface area contributed by atoms with Gasteiger partial charge >= 0.3 is 12.0 Å². The van der Waals surface area contributed by atoms with E-state index in [1.54, 1.807) is 11.8 Å². The minimum atomic E-state index is -0.990. The molecule has 7 heteroatoms. The molecule has 118 valence electrons. The molecule has 0 aliphatic heterocycles. The summed E-state index contributed by atoms with van der Waals surface area (Å²) in [5.74, 6) is -0.285. The van der Waals surface area contributed by atoms with E-state index in [9.17, 15) is 9.59 Å². The second kappa shape index (κ2) is 11.8. The van der Waals surface area contributed by atoms with Crippen LogP contribution in [0.5, 0.6) is 0 Å². The fraction of sp³-hybridized carbons (Fsp3) is 0.846. The van der Waals surface area contributed by atoms with Gasteiger partial charge in [0.2, 0.25) is 0 Å². The van der Waals surface area contributed by atoms with Gasteiger partial charge in [0, 0.05) is 13.1 Å². The quantitative estimate of drug-likeness (QED) is 0.535. The molecule has 0 saturated carbocycles. The number of carboxylic acids is 1. The van der Waals surface area contributed by atoms with Crippen molar-refractivity contribution in [2.45, 2.75) is 32.7 Å². The highest BCUT2D eigenvalue weighted by Gasteiger charge is 2.18. The summed E-state index contributed by atoms with van der Waals surface area (Å²) < 4.78 is 0. The number of carbonyl (C=O) groups excluding carboxylic acids is 1. The zero-order chi connectivity index (χ0) is 15.4. The molecular formula is C13H27N3O3S. The highest BCUT2D eigenvalue weighted by molar-refractivity contribution is 7.98. The van der Waals surface area contributed by atoms with Crippen molar-refractivity contribution in [2.75, 3.05) is 38.2 Å². The van der Waals surface area contributed by atoms with Crippen LogP contribution >= 0.6 is 11.8 Å². The van der Waals surface area contributed by atoms with Gasteiger partial charge in [-0.15, -0.1) is 0 Å². The number of hydrogen-bond acceptors (Lipinski definition) is 4. The number of urea groups is 1. The van der Waals surface area contributed by atoms with Crippen LogP contribution in [-0.2, 0) is 4.79 Å². The molecule has 0 spiro atoms. The van der Waals surface area contributed by atoms with Gasteiger partial charge < -0.3 is 20.6 Å². The van der Waals surface area contributed by atoms with Gasteiger partial charge in [-0.3, -0.25) is 0 Å². The van der Waals surface area contributed by atoms with E-state index in [2.05, 4.69) is 29.4 Å². The third-order valence-corrected chi connectivity index (χ3v) is 3.56. The first-order chi connectivity index (χ1) is 9.54. The molecule has 0 aromatic heterocycles. The standard InChI is InChI=1S/C13H27N3O3S/c1-4-8-16(5-2)9-7-14-13(19)15-11(12(17)18)6-10-20-3/h11H,4-10H2,1-3H3,(H,17,18)(H2,14,15,19). The Morgan fingerprint density at radius 2 is 2.00 bits per heavy atom. The zero-order valence-corrected chi connectivity index (χ0v) is 13.5. The minimum absolute atomic E-state index is 0.411. The maximum absolute atomic E-state index is 11.6. The highest BCUT2D eigenvalue weighted by atomic mass is 32.2. The van der Waals surface area contributed by atoms with Crippen molar-refractivity contribution in [3.05, 3.63) is 0 Å². The number of carboxylic acid groups (broad SMARTS) is 1. The zero-order valence-electron chi connectivity index (χ0n) is 12.6. The average Bonchev–Trinajstić information content (AvgIpc) is 2.42. The van der Waals surface area contributed by atoms with Crippen LogP contribution in [0.3, 0.4) is 0 Å². The molecule has 0 heterocycles. The van der Waals surface area contributed by atoms with Crippen molar-refractivity contribution in [2.24, 2.45) is 0 Å². The van der Waals surface area contributed by atoms with Crippen molar-refractivity contribution in [1.29, 1.82) is 0 Å². The number of nitrogens with zero attached hydrogens (tertiary/aromatic N) is 1. The van der Waals surface area contributed by atoms with Gasteiger partial charge in [-0.25, -0.2) is 9.59 Å². The predicted octanol–water partition coefficient (Wildman–Crippen LogP) is 1.22. The topological polar surface area (TPSA) is 81.7 Å². The molecule has 20 heavy (non-hydrogen) atoms. The maximum Gasteiger partial charge on any atom is 0.326 e. The van der Waals surface area contributed by atoms with Crippen LogP contribution in [0.1, 0.15) is 26.7 Å². The Labute approximate surface area is 125 Å². The SMILES string of the molecule is CCCN(CC)CCNC(=O)NC(CCSC)C(=O)O. The molecule has 0 aliphatic rings. The molecule has 0 saturated heterocycles. The van der Waals surface area contributed by atoms with Gasteiger partial charge in [0.25, 0.3) is 0 Å². The van der Waals surface area contributed by atoms with Crippen LogP contribution in [0.25, 0.3) is 0 Å². The molecule has 0 aromatic rings. The van der Waals surface area contributed by atoms with E-state index in [1.165, 1.54) is 0 Å². The largest absolute Gasteiger partial charge is 0.480 e. The van der Waals surface area contributed by atoms with E-state index in [4.69, 9.17) is 5.11 Å². The van der Waals surface area contributed by atoms with E-state index < -0.39 is 18.0 Å². The Morgan fingerprint density at radius 1 is 1.30 bits per heavy atom. The monoisotopic (exact) mass is 305 g/mol. The Hall–Kier alpha value is -0.950. The van der Waals surface area contributed by atoms with Crippen LogP contribution in [0, 0.1) is 0 Å². The second-order valence-electron chi connectivity index (χ2n) is 4.51. The number of aliphatic carboxylic acids is 1. The van der Waals surface area contributed by atoms with Crippen molar-refractivity contribution < 1.29 is 14.7 Å². The van der Waals surface area contributed by atoms with E-state index in [0.29, 0.717) is 18.7 Å². The molecule has 2 amide bonds. The van der Waals surface area contributed by atoms with Gasteiger partial charge in [-0.2, -0.15) is 11.8 Å². The van der Waals surface area contributed by atoms with Gasteiger partial charge in [0.05, 0.1) is 0 Å². The Morgan fingerprint density at radius 3 is 2.50 bits per heavy atom. The summed E-state index contributed by atoms with van der Waals surface area (Å²) in [5.41, 5.74) is 0. The van der Waals surface area contributed by atoms with Crippen LogP contribution in [-0.4, -0.2) is 66.2 Å². The number of rotatable bonds is 11. The molecule has 0 aromatic carbocycles. The number of nitrogens with one attached hydrogen (secondary N) is 2. The lowest BCUT2D eigenvalue weighted by Crippen LogP contribution is -2.47. The second-order valence-corrected chi connectivity index (χ2v) is 5.49. The first-order valence-electron chi connectivity index (χ1n) is 7.03. The number of hydrogen-bond donors (Lipinski definition) is 3. The minimum Gasteiger partial charge on any atom is -0.480 e. The highest BCUT2D eigenvalue weighted by Crippen LogP contribution is 2.00. The number of likely N-dealkylation sites (N-methyl/N-ethyl adjacent to an activating group) is 1. The lowest BCUT2D eigenvalue weighted by atomic mass is 10.2. The number of thioether (sulfide) groups is 1. The Balaban J connectivity index is 3.97. The van der Waals surface area contributed by atoms with Crippen molar-refractivity contribution in [3.8, 4) is 0 Å². The van der Waals surface area contributed by atoms with Gasteiger partial charge in [-0.1, -0.05) is 13.8 Å². The molecule has 6 nitrogen and oxygen atoms in total. The summed E-state index contributed by atoms with van der Waals surface area (Å²) in [7, 11) is 0. The average molecular weight is 305 g/mol. The Bertz CT molecular complexity index is 290. The van der Waals surface area contributed by atoms with Crippen molar-refractivity contribution in [1.82, 2.24) is 15.5 Å². The van der Waals surface area contributed by atoms with Crippen LogP contribution < -0.4 is 10.6 Å². The third-order valence-electron chi connectivity index (χ3n) is 2.91. The van der Waals surface area contributed by atoms with Crippen LogP contribution in [0.15, 0.2) is 0 Å². The number of carbonyl (C=O) groups is 2. The molecule has 1 unspecified atom stereocenters. The molecule has 1 atom stereocenters.